The van der Waals surface area contributed by atoms with Crippen molar-refractivity contribution < 1.29 is 4.42 Å². The molecule has 11 rings (SSSR count). The van der Waals surface area contributed by atoms with E-state index < -0.39 is 0 Å². The minimum absolute atomic E-state index is 0.574. The highest BCUT2D eigenvalue weighted by Crippen LogP contribution is 2.46. The lowest BCUT2D eigenvalue weighted by atomic mass is 9.93. The molecule has 0 fully saturated rings. The number of rotatable bonds is 4. The summed E-state index contributed by atoms with van der Waals surface area (Å²) in [7, 11) is 0. The molecule has 3 aromatic heterocycles. The van der Waals surface area contributed by atoms with E-state index in [0.717, 1.165) is 62.5 Å². The number of benzene rings is 7. The standard InChI is InChI=1S/C47H31N5O/c1-3-13-31(14-4-1)45-48-46(32-24-26-42-37(29-32)34-17-9-12-22-41(34)53-42)50-47(49-45)52-39-21-11-8-19-36(39)44-40(52)25-23-30-27-28-51(33-15-5-2-6-16-33)38-20-10-7-18-35(38)43(30)44/h1-26,29H,27-28H2. The fourth-order valence-electron chi connectivity index (χ4n) is 8.16. The van der Waals surface area contributed by atoms with Gasteiger partial charge in [-0.15, -0.1) is 0 Å². The first-order valence-corrected chi connectivity index (χ1v) is 18.0. The van der Waals surface area contributed by atoms with Crippen molar-refractivity contribution in [3.63, 3.8) is 0 Å². The molecule has 0 aliphatic carbocycles. The van der Waals surface area contributed by atoms with Crippen molar-refractivity contribution in [3.05, 3.63) is 169 Å². The molecule has 4 heterocycles. The van der Waals surface area contributed by atoms with Gasteiger partial charge in [-0.1, -0.05) is 109 Å². The summed E-state index contributed by atoms with van der Waals surface area (Å²) in [5.74, 6) is 1.79. The Morgan fingerprint density at radius 2 is 1.21 bits per heavy atom. The fraction of sp³-hybridized carbons (Fsp3) is 0.0426. The third-order valence-electron chi connectivity index (χ3n) is 10.6. The Balaban J connectivity index is 1.18. The molecule has 0 bridgehead atoms. The van der Waals surface area contributed by atoms with Gasteiger partial charge in [0.2, 0.25) is 5.95 Å². The largest absolute Gasteiger partial charge is 0.456 e. The lowest BCUT2D eigenvalue weighted by Crippen LogP contribution is -2.18. The first-order chi connectivity index (χ1) is 26.3. The van der Waals surface area contributed by atoms with Crippen molar-refractivity contribution >= 4 is 55.1 Å². The predicted molar refractivity (Wildman–Crippen MR) is 215 cm³/mol. The van der Waals surface area contributed by atoms with Gasteiger partial charge in [0.15, 0.2) is 11.6 Å². The molecule has 0 saturated carbocycles. The summed E-state index contributed by atoms with van der Waals surface area (Å²) in [5, 5.41) is 4.46. The van der Waals surface area contributed by atoms with Gasteiger partial charge in [-0.3, -0.25) is 4.57 Å². The lowest BCUT2D eigenvalue weighted by molar-refractivity contribution is 0.669. The topological polar surface area (TPSA) is 60.0 Å². The summed E-state index contributed by atoms with van der Waals surface area (Å²) < 4.78 is 8.39. The van der Waals surface area contributed by atoms with E-state index >= 15 is 0 Å². The van der Waals surface area contributed by atoms with E-state index in [9.17, 15) is 0 Å². The van der Waals surface area contributed by atoms with Crippen molar-refractivity contribution in [2.45, 2.75) is 6.42 Å². The Bertz CT molecular complexity index is 3020. The minimum atomic E-state index is 0.574. The monoisotopic (exact) mass is 681 g/mol. The molecule has 0 saturated heterocycles. The Morgan fingerprint density at radius 1 is 0.509 bits per heavy atom. The summed E-state index contributed by atoms with van der Waals surface area (Å²) in [5.41, 5.74) is 11.8. The number of nitrogens with zero attached hydrogens (tertiary/aromatic N) is 5. The summed E-state index contributed by atoms with van der Waals surface area (Å²) in [6.07, 6.45) is 0.910. The molecule has 1 aliphatic rings. The second-order valence-electron chi connectivity index (χ2n) is 13.6. The zero-order valence-corrected chi connectivity index (χ0v) is 28.6. The molecule has 53 heavy (non-hydrogen) atoms. The average molecular weight is 682 g/mol. The Kier molecular flexibility index (Phi) is 6.58. The molecular formula is C47H31N5O. The third kappa shape index (κ3) is 4.69. The molecule has 0 radical (unpaired) electrons. The third-order valence-corrected chi connectivity index (χ3v) is 10.6. The van der Waals surface area contributed by atoms with E-state index in [0.29, 0.717) is 17.6 Å². The van der Waals surface area contributed by atoms with Gasteiger partial charge < -0.3 is 9.32 Å². The fourth-order valence-corrected chi connectivity index (χ4v) is 8.16. The van der Waals surface area contributed by atoms with Crippen LogP contribution in [0.1, 0.15) is 5.56 Å². The Labute approximate surface area is 305 Å². The van der Waals surface area contributed by atoms with Crippen molar-refractivity contribution in [1.82, 2.24) is 19.5 Å². The van der Waals surface area contributed by atoms with Crippen LogP contribution in [0.2, 0.25) is 0 Å². The van der Waals surface area contributed by atoms with Gasteiger partial charge in [0.05, 0.1) is 11.0 Å². The van der Waals surface area contributed by atoms with Crippen molar-refractivity contribution in [1.29, 1.82) is 0 Å². The second kappa shape index (κ2) is 11.8. The van der Waals surface area contributed by atoms with Crippen molar-refractivity contribution in [2.75, 3.05) is 11.4 Å². The van der Waals surface area contributed by atoms with Crippen LogP contribution < -0.4 is 4.90 Å². The number of anilines is 2. The molecule has 1 aliphatic heterocycles. The molecule has 10 aromatic rings. The second-order valence-corrected chi connectivity index (χ2v) is 13.6. The first kappa shape index (κ1) is 29.7. The molecule has 0 spiro atoms. The quantitative estimate of drug-likeness (QED) is 0.185. The summed E-state index contributed by atoms with van der Waals surface area (Å²) in [6.45, 7) is 0.881. The highest BCUT2D eigenvalue weighted by molar-refractivity contribution is 6.17. The van der Waals surface area contributed by atoms with Gasteiger partial charge in [0, 0.05) is 56.2 Å². The van der Waals surface area contributed by atoms with Gasteiger partial charge >= 0.3 is 0 Å². The van der Waals surface area contributed by atoms with Crippen molar-refractivity contribution in [3.8, 4) is 39.9 Å². The van der Waals surface area contributed by atoms with E-state index in [1.165, 1.54) is 33.5 Å². The number of hydrogen-bond acceptors (Lipinski definition) is 5. The molecule has 250 valence electrons. The predicted octanol–water partition coefficient (Wildman–Crippen LogP) is 11.6. The van der Waals surface area contributed by atoms with Crippen LogP contribution in [0.15, 0.2) is 168 Å². The van der Waals surface area contributed by atoms with Crippen LogP contribution in [0.3, 0.4) is 0 Å². The number of fused-ring (bicyclic) bond motifs is 10. The Morgan fingerprint density at radius 3 is 2.08 bits per heavy atom. The molecule has 6 heteroatoms. The van der Waals surface area contributed by atoms with Gasteiger partial charge in [-0.2, -0.15) is 9.97 Å². The van der Waals surface area contributed by atoms with Gasteiger partial charge in [-0.25, -0.2) is 4.98 Å². The van der Waals surface area contributed by atoms with Crippen LogP contribution in [0, 0.1) is 0 Å². The smallest absolute Gasteiger partial charge is 0.238 e. The Hall–Kier alpha value is -7.05. The van der Waals surface area contributed by atoms with Crippen LogP contribution in [0.25, 0.3) is 83.6 Å². The lowest BCUT2D eigenvalue weighted by Gasteiger charge is -2.25. The number of aromatic nitrogens is 4. The van der Waals surface area contributed by atoms with E-state index in [4.69, 9.17) is 19.4 Å². The SMILES string of the molecule is c1ccc(-c2nc(-c3ccc4oc5ccccc5c4c3)nc(-n3c4ccccc4c4c5c(ccc43)CCN(c3ccccc3)c3ccccc3-5)n2)cc1. The van der Waals surface area contributed by atoms with Gasteiger partial charge in [-0.05, 0) is 72.1 Å². The molecule has 0 atom stereocenters. The molecule has 0 N–H and O–H groups in total. The van der Waals surface area contributed by atoms with E-state index in [-0.39, 0.29) is 0 Å². The highest BCUT2D eigenvalue weighted by atomic mass is 16.3. The van der Waals surface area contributed by atoms with E-state index in [2.05, 4.69) is 125 Å². The maximum atomic E-state index is 6.17. The molecule has 0 amide bonds. The summed E-state index contributed by atoms with van der Waals surface area (Å²) >= 11 is 0. The van der Waals surface area contributed by atoms with Crippen LogP contribution in [0.4, 0.5) is 11.4 Å². The molecule has 0 unspecified atom stereocenters. The van der Waals surface area contributed by atoms with Crippen LogP contribution in [-0.2, 0) is 6.42 Å². The number of para-hydroxylation sites is 4. The minimum Gasteiger partial charge on any atom is -0.456 e. The number of furan rings is 1. The summed E-state index contributed by atoms with van der Waals surface area (Å²) in [6, 6.07) is 57.2. The maximum absolute atomic E-state index is 6.17. The molecule has 7 aromatic carbocycles. The van der Waals surface area contributed by atoms with Gasteiger partial charge in [0.1, 0.15) is 11.2 Å². The van der Waals surface area contributed by atoms with E-state index in [1.54, 1.807) is 0 Å². The van der Waals surface area contributed by atoms with Crippen molar-refractivity contribution in [2.24, 2.45) is 0 Å². The first-order valence-electron chi connectivity index (χ1n) is 18.0. The van der Waals surface area contributed by atoms with Crippen LogP contribution in [0.5, 0.6) is 0 Å². The highest BCUT2D eigenvalue weighted by Gasteiger charge is 2.26. The van der Waals surface area contributed by atoms with Gasteiger partial charge in [0.25, 0.3) is 0 Å². The van der Waals surface area contributed by atoms with Crippen LogP contribution in [-0.4, -0.2) is 26.1 Å². The van der Waals surface area contributed by atoms with Crippen LogP contribution >= 0.6 is 0 Å². The number of hydrogen-bond donors (Lipinski definition) is 0. The van der Waals surface area contributed by atoms with E-state index in [1.807, 2.05) is 48.5 Å². The zero-order valence-electron chi connectivity index (χ0n) is 28.6. The maximum Gasteiger partial charge on any atom is 0.238 e. The molecular weight excluding hydrogens is 651 g/mol. The normalized spacial score (nSPS) is 12.7. The molecule has 6 nitrogen and oxygen atoms in total. The average Bonchev–Trinajstić information content (AvgIpc) is 3.71. The summed E-state index contributed by atoms with van der Waals surface area (Å²) in [4.78, 5) is 18.0. The zero-order chi connectivity index (χ0) is 34.9.